The highest BCUT2D eigenvalue weighted by atomic mass is 16.1. The zero-order valence-electron chi connectivity index (χ0n) is 13.6. The van der Waals surface area contributed by atoms with E-state index < -0.39 is 0 Å². The van der Waals surface area contributed by atoms with Crippen LogP contribution < -0.4 is 5.56 Å². The van der Waals surface area contributed by atoms with Crippen molar-refractivity contribution in [3.63, 3.8) is 0 Å². The summed E-state index contributed by atoms with van der Waals surface area (Å²) in [6, 6.07) is 19.2. The van der Waals surface area contributed by atoms with E-state index in [1.165, 1.54) is 10.9 Å². The fourth-order valence-corrected chi connectivity index (χ4v) is 2.62. The number of aromatic nitrogens is 4. The minimum absolute atomic E-state index is 0.239. The van der Waals surface area contributed by atoms with Crippen LogP contribution in [0.25, 0.3) is 16.7 Å². The zero-order valence-corrected chi connectivity index (χ0v) is 13.6. The van der Waals surface area contributed by atoms with E-state index in [1.807, 2.05) is 60.7 Å². The van der Waals surface area contributed by atoms with E-state index in [9.17, 15) is 4.79 Å². The minimum atomic E-state index is -0.239. The largest absolute Gasteiger partial charge is 0.285 e. The van der Waals surface area contributed by atoms with E-state index in [2.05, 4.69) is 15.2 Å². The van der Waals surface area contributed by atoms with Crippen molar-refractivity contribution in [3.8, 4) is 5.69 Å². The Hall–Kier alpha value is -3.54. The van der Waals surface area contributed by atoms with Crippen molar-refractivity contribution >= 4 is 17.2 Å². The molecule has 0 radical (unpaired) electrons. The lowest BCUT2D eigenvalue weighted by Crippen LogP contribution is -2.20. The summed E-state index contributed by atoms with van der Waals surface area (Å²) in [4.78, 5) is 17.3. The van der Waals surface area contributed by atoms with Crippen LogP contribution in [0.1, 0.15) is 11.4 Å². The summed E-state index contributed by atoms with van der Waals surface area (Å²) >= 11 is 0. The van der Waals surface area contributed by atoms with E-state index in [1.54, 1.807) is 17.8 Å². The van der Waals surface area contributed by atoms with Crippen molar-refractivity contribution in [3.05, 3.63) is 88.6 Å². The summed E-state index contributed by atoms with van der Waals surface area (Å²) in [5, 5.41) is 9.03. The Morgan fingerprint density at radius 3 is 2.40 bits per heavy atom. The third-order valence-electron chi connectivity index (χ3n) is 3.86. The molecule has 0 saturated carbocycles. The third kappa shape index (κ3) is 2.74. The molecule has 4 aromatic rings. The Kier molecular flexibility index (Phi) is 3.70. The quantitative estimate of drug-likeness (QED) is 0.543. The minimum Gasteiger partial charge on any atom is -0.266 e. The number of benzene rings is 2. The monoisotopic (exact) mass is 329 g/mol. The Morgan fingerprint density at radius 2 is 1.68 bits per heavy atom. The molecule has 4 rings (SSSR count). The van der Waals surface area contributed by atoms with Crippen molar-refractivity contribution in [1.82, 2.24) is 19.4 Å². The van der Waals surface area contributed by atoms with Crippen LogP contribution in [0, 0.1) is 6.92 Å². The first kappa shape index (κ1) is 15.0. The molecule has 6 heteroatoms. The predicted octanol–water partition coefficient (Wildman–Crippen LogP) is 2.77. The topological polar surface area (TPSA) is 65.1 Å². The molecule has 2 aromatic heterocycles. The zero-order chi connectivity index (χ0) is 17.2. The number of rotatable bonds is 3. The molecule has 0 spiro atoms. The first-order chi connectivity index (χ1) is 12.2. The molecule has 0 aliphatic heterocycles. The first-order valence-electron chi connectivity index (χ1n) is 7.86. The van der Waals surface area contributed by atoms with Gasteiger partial charge in [-0.1, -0.05) is 48.5 Å². The predicted molar refractivity (Wildman–Crippen MR) is 97.3 cm³/mol. The van der Waals surface area contributed by atoms with E-state index in [-0.39, 0.29) is 5.56 Å². The molecule has 0 aliphatic carbocycles. The normalized spacial score (nSPS) is 11.4. The number of fused-ring (bicyclic) bond motifs is 1. The van der Waals surface area contributed by atoms with E-state index >= 15 is 0 Å². The number of para-hydroxylation sites is 1. The van der Waals surface area contributed by atoms with Crippen LogP contribution in [0.15, 0.2) is 76.8 Å². The van der Waals surface area contributed by atoms with Crippen LogP contribution in [-0.2, 0) is 0 Å². The van der Waals surface area contributed by atoms with Gasteiger partial charge in [0.2, 0.25) is 0 Å². The van der Waals surface area contributed by atoms with Crippen LogP contribution in [-0.4, -0.2) is 25.7 Å². The molecule has 0 amide bonds. The van der Waals surface area contributed by atoms with Crippen molar-refractivity contribution in [2.24, 2.45) is 5.10 Å². The van der Waals surface area contributed by atoms with Gasteiger partial charge in [-0.15, -0.1) is 0 Å². The summed E-state index contributed by atoms with van der Waals surface area (Å²) in [5.74, 6) is 0.502. The number of hydrogen-bond acceptors (Lipinski definition) is 4. The van der Waals surface area contributed by atoms with Gasteiger partial charge >= 0.3 is 0 Å². The average molecular weight is 329 g/mol. The number of aryl methyl sites for hydroxylation is 1. The molecule has 6 nitrogen and oxygen atoms in total. The van der Waals surface area contributed by atoms with Gasteiger partial charge in [0.05, 0.1) is 18.1 Å². The van der Waals surface area contributed by atoms with Crippen LogP contribution in [0.4, 0.5) is 0 Å². The Labute approximate surface area is 143 Å². The highest BCUT2D eigenvalue weighted by Gasteiger charge is 2.13. The van der Waals surface area contributed by atoms with Crippen LogP contribution in [0.3, 0.4) is 0 Å². The summed E-state index contributed by atoms with van der Waals surface area (Å²) in [6.45, 7) is 1.76. The lowest BCUT2D eigenvalue weighted by atomic mass is 10.2. The van der Waals surface area contributed by atoms with Crippen molar-refractivity contribution in [1.29, 1.82) is 0 Å². The molecule has 0 unspecified atom stereocenters. The molecular formula is C19H15N5O. The van der Waals surface area contributed by atoms with Crippen molar-refractivity contribution in [2.75, 3.05) is 0 Å². The standard InChI is InChI=1S/C19H15N5O/c1-14-22-18-17(13-21-24(18)16-10-6-3-7-11-16)19(25)23(14)20-12-15-8-4-2-5-9-15/h2-13H,1H3/b20-12+. The second kappa shape index (κ2) is 6.16. The van der Waals surface area contributed by atoms with Gasteiger partial charge in [-0.25, -0.2) is 9.67 Å². The maximum absolute atomic E-state index is 12.8. The van der Waals surface area contributed by atoms with Gasteiger partial charge in [0, 0.05) is 0 Å². The molecule has 2 aromatic carbocycles. The van der Waals surface area contributed by atoms with E-state index in [0.717, 1.165) is 11.3 Å². The van der Waals surface area contributed by atoms with Gasteiger partial charge in [0.1, 0.15) is 11.2 Å². The Morgan fingerprint density at radius 1 is 1.00 bits per heavy atom. The maximum Gasteiger partial charge on any atom is 0.285 e. The van der Waals surface area contributed by atoms with E-state index in [0.29, 0.717) is 16.9 Å². The van der Waals surface area contributed by atoms with Gasteiger partial charge in [-0.2, -0.15) is 14.9 Å². The molecule has 2 heterocycles. The van der Waals surface area contributed by atoms with Crippen LogP contribution >= 0.6 is 0 Å². The summed E-state index contributed by atoms with van der Waals surface area (Å²) in [5.41, 5.74) is 2.06. The molecule has 0 saturated heterocycles. The van der Waals surface area contributed by atoms with Gasteiger partial charge in [-0.3, -0.25) is 4.79 Å². The smallest absolute Gasteiger partial charge is 0.266 e. The van der Waals surface area contributed by atoms with Gasteiger partial charge in [0.15, 0.2) is 5.65 Å². The molecule has 0 bridgehead atoms. The number of hydrogen-bond donors (Lipinski definition) is 0. The Balaban J connectivity index is 1.84. The van der Waals surface area contributed by atoms with Crippen LogP contribution in [0.5, 0.6) is 0 Å². The summed E-state index contributed by atoms with van der Waals surface area (Å²) in [7, 11) is 0. The highest BCUT2D eigenvalue weighted by molar-refractivity contribution is 5.80. The first-order valence-corrected chi connectivity index (χ1v) is 7.86. The molecular weight excluding hydrogens is 314 g/mol. The van der Waals surface area contributed by atoms with Gasteiger partial charge in [0.25, 0.3) is 5.56 Å². The molecule has 0 atom stereocenters. The molecule has 122 valence electrons. The maximum atomic E-state index is 12.8. The van der Waals surface area contributed by atoms with Crippen molar-refractivity contribution in [2.45, 2.75) is 6.92 Å². The lowest BCUT2D eigenvalue weighted by molar-refractivity contribution is 0.765. The average Bonchev–Trinajstić information content (AvgIpc) is 3.07. The molecule has 0 aliphatic rings. The fourth-order valence-electron chi connectivity index (χ4n) is 2.62. The summed E-state index contributed by atoms with van der Waals surface area (Å²) < 4.78 is 2.96. The second-order valence-corrected chi connectivity index (χ2v) is 5.56. The molecule has 0 fully saturated rings. The molecule has 25 heavy (non-hydrogen) atoms. The SMILES string of the molecule is Cc1nc2c(cnn2-c2ccccc2)c(=O)n1/N=C/c1ccccc1. The Bertz CT molecular complexity index is 1110. The third-order valence-corrected chi connectivity index (χ3v) is 3.86. The van der Waals surface area contributed by atoms with Crippen LogP contribution in [0.2, 0.25) is 0 Å². The second-order valence-electron chi connectivity index (χ2n) is 5.56. The van der Waals surface area contributed by atoms with E-state index in [4.69, 9.17) is 0 Å². The highest BCUT2D eigenvalue weighted by Crippen LogP contribution is 2.14. The molecule has 0 N–H and O–H groups in total. The lowest BCUT2D eigenvalue weighted by Gasteiger charge is -2.05. The van der Waals surface area contributed by atoms with Gasteiger partial charge < -0.3 is 0 Å². The number of nitrogens with zero attached hydrogens (tertiary/aromatic N) is 5. The van der Waals surface area contributed by atoms with Crippen molar-refractivity contribution < 1.29 is 0 Å². The van der Waals surface area contributed by atoms with Gasteiger partial charge in [-0.05, 0) is 24.6 Å². The fraction of sp³-hybridized carbons (Fsp3) is 0.0526. The summed E-state index contributed by atoms with van der Waals surface area (Å²) in [6.07, 6.45) is 3.18.